The first kappa shape index (κ1) is 16.0. The predicted octanol–water partition coefficient (Wildman–Crippen LogP) is 0.152. The molecule has 0 saturated carbocycles. The quantitative estimate of drug-likeness (QED) is 0.752. The summed E-state index contributed by atoms with van der Waals surface area (Å²) >= 11 is 0. The largest absolute Gasteiger partial charge is 0.396 e. The molecule has 1 aromatic heterocycles. The molecule has 8 heteroatoms. The second kappa shape index (κ2) is 7.06. The summed E-state index contributed by atoms with van der Waals surface area (Å²) in [5, 5.41) is 0. The number of ether oxygens (including phenoxy) is 1. The van der Waals surface area contributed by atoms with Gasteiger partial charge in [0.2, 0.25) is 10.0 Å². The zero-order valence-electron chi connectivity index (χ0n) is 12.2. The lowest BCUT2D eigenvalue weighted by molar-refractivity contribution is 0.199. The van der Waals surface area contributed by atoms with Gasteiger partial charge in [-0.3, -0.25) is 0 Å². The van der Waals surface area contributed by atoms with Crippen LogP contribution in [0.1, 0.15) is 6.42 Å². The van der Waals surface area contributed by atoms with Crippen LogP contribution in [0.5, 0.6) is 0 Å². The Morgan fingerprint density at radius 3 is 2.67 bits per heavy atom. The highest BCUT2D eigenvalue weighted by Gasteiger charge is 2.27. The predicted molar refractivity (Wildman–Crippen MR) is 82.7 cm³/mol. The van der Waals surface area contributed by atoms with Gasteiger partial charge in [-0.1, -0.05) is 0 Å². The van der Waals surface area contributed by atoms with Crippen molar-refractivity contribution in [1.29, 1.82) is 0 Å². The number of sulfonamides is 1. The van der Waals surface area contributed by atoms with Gasteiger partial charge in [-0.05, 0) is 18.6 Å². The van der Waals surface area contributed by atoms with Gasteiger partial charge >= 0.3 is 0 Å². The molecule has 0 aliphatic carbocycles. The number of nitrogen functional groups attached to an aromatic ring is 1. The summed E-state index contributed by atoms with van der Waals surface area (Å²) in [7, 11) is -1.62. The average Bonchev–Trinajstić information content (AvgIpc) is 2.48. The van der Waals surface area contributed by atoms with E-state index in [9.17, 15) is 8.42 Å². The molecule has 1 aromatic rings. The smallest absolute Gasteiger partial charge is 0.214 e. The average molecular weight is 314 g/mol. The molecule has 21 heavy (non-hydrogen) atoms. The summed E-state index contributed by atoms with van der Waals surface area (Å²) in [5.74, 6) is 0.862. The van der Waals surface area contributed by atoms with Gasteiger partial charge in [-0.25, -0.2) is 13.4 Å². The van der Waals surface area contributed by atoms with Gasteiger partial charge in [-0.15, -0.1) is 0 Å². The van der Waals surface area contributed by atoms with E-state index < -0.39 is 10.0 Å². The monoisotopic (exact) mass is 314 g/mol. The maximum atomic E-state index is 12.2. The van der Waals surface area contributed by atoms with Crippen molar-refractivity contribution >= 4 is 21.5 Å². The van der Waals surface area contributed by atoms with E-state index in [1.165, 1.54) is 4.31 Å². The van der Waals surface area contributed by atoms with Crippen molar-refractivity contribution in [1.82, 2.24) is 9.29 Å². The molecular weight excluding hydrogens is 292 g/mol. The highest BCUT2D eigenvalue weighted by molar-refractivity contribution is 7.89. The zero-order chi connectivity index (χ0) is 15.3. The van der Waals surface area contributed by atoms with E-state index >= 15 is 0 Å². The van der Waals surface area contributed by atoms with Crippen LogP contribution in [0.15, 0.2) is 18.3 Å². The van der Waals surface area contributed by atoms with Gasteiger partial charge in [0.1, 0.15) is 0 Å². The Morgan fingerprint density at radius 1 is 1.33 bits per heavy atom. The van der Waals surface area contributed by atoms with E-state index in [2.05, 4.69) is 4.98 Å². The Hall–Kier alpha value is -1.38. The summed E-state index contributed by atoms with van der Waals surface area (Å²) in [6, 6.07) is 3.59. The minimum atomic E-state index is -3.20. The summed E-state index contributed by atoms with van der Waals surface area (Å²) in [4.78, 5) is 6.29. The number of nitrogens with zero attached hydrogens (tertiary/aromatic N) is 3. The van der Waals surface area contributed by atoms with E-state index in [1.807, 2.05) is 4.90 Å². The molecule has 0 radical (unpaired) electrons. The fourth-order valence-electron chi connectivity index (χ4n) is 2.37. The van der Waals surface area contributed by atoms with Gasteiger partial charge in [-0.2, -0.15) is 4.31 Å². The third-order valence-corrected chi connectivity index (χ3v) is 5.46. The van der Waals surface area contributed by atoms with Crippen LogP contribution in [0.3, 0.4) is 0 Å². The summed E-state index contributed by atoms with van der Waals surface area (Å²) in [6.45, 7) is 2.59. The Balaban J connectivity index is 1.93. The highest BCUT2D eigenvalue weighted by Crippen LogP contribution is 2.21. The van der Waals surface area contributed by atoms with Crippen LogP contribution in [0, 0.1) is 0 Å². The van der Waals surface area contributed by atoms with Crippen molar-refractivity contribution in [3.05, 3.63) is 18.3 Å². The molecule has 0 amide bonds. The van der Waals surface area contributed by atoms with Crippen LogP contribution in [0.4, 0.5) is 11.5 Å². The van der Waals surface area contributed by atoms with Gasteiger partial charge < -0.3 is 15.4 Å². The van der Waals surface area contributed by atoms with Crippen LogP contribution >= 0.6 is 0 Å². The molecule has 2 heterocycles. The molecule has 7 nitrogen and oxygen atoms in total. The molecule has 2 N–H and O–H groups in total. The second-order valence-corrected chi connectivity index (χ2v) is 7.05. The molecule has 1 saturated heterocycles. The summed E-state index contributed by atoms with van der Waals surface area (Å²) in [6.07, 6.45) is 2.21. The lowest BCUT2D eigenvalue weighted by Crippen LogP contribution is -2.49. The molecule has 0 atom stereocenters. The molecular formula is C13H22N4O3S. The minimum Gasteiger partial charge on any atom is -0.396 e. The molecule has 2 rings (SSSR count). The van der Waals surface area contributed by atoms with Crippen LogP contribution in [-0.4, -0.2) is 63.4 Å². The first-order chi connectivity index (χ1) is 10.0. The Kier molecular flexibility index (Phi) is 5.38. The topological polar surface area (TPSA) is 88.8 Å². The Morgan fingerprint density at radius 2 is 2.05 bits per heavy atom. The second-order valence-electron chi connectivity index (χ2n) is 4.96. The van der Waals surface area contributed by atoms with E-state index in [1.54, 1.807) is 25.4 Å². The maximum absolute atomic E-state index is 12.2. The fourth-order valence-corrected chi connectivity index (χ4v) is 3.83. The van der Waals surface area contributed by atoms with Crippen molar-refractivity contribution in [3.8, 4) is 0 Å². The molecule has 1 aliphatic heterocycles. The Bertz CT molecular complexity index is 556. The molecule has 118 valence electrons. The highest BCUT2D eigenvalue weighted by atomic mass is 32.2. The number of aromatic nitrogens is 1. The van der Waals surface area contributed by atoms with Crippen molar-refractivity contribution in [2.75, 3.05) is 56.3 Å². The van der Waals surface area contributed by atoms with Gasteiger partial charge in [0, 0.05) is 46.1 Å². The van der Waals surface area contributed by atoms with Gasteiger partial charge in [0.05, 0.1) is 11.4 Å². The SMILES string of the molecule is COCCCS(=O)(=O)N1CCN(c2ncccc2N)CC1. The third kappa shape index (κ3) is 4.05. The van der Waals surface area contributed by atoms with E-state index in [-0.39, 0.29) is 5.75 Å². The molecule has 1 aliphatic rings. The van der Waals surface area contributed by atoms with E-state index in [0.717, 1.165) is 5.82 Å². The number of pyridine rings is 1. The molecule has 0 unspecified atom stereocenters. The summed E-state index contributed by atoms with van der Waals surface area (Å²) in [5.41, 5.74) is 6.52. The first-order valence-electron chi connectivity index (χ1n) is 6.97. The van der Waals surface area contributed by atoms with Gasteiger partial charge in [0.25, 0.3) is 0 Å². The van der Waals surface area contributed by atoms with Crippen LogP contribution < -0.4 is 10.6 Å². The van der Waals surface area contributed by atoms with Crippen LogP contribution in [0.25, 0.3) is 0 Å². The molecule has 0 spiro atoms. The lowest BCUT2D eigenvalue weighted by atomic mass is 10.3. The normalized spacial score (nSPS) is 17.1. The number of rotatable bonds is 6. The fraction of sp³-hybridized carbons (Fsp3) is 0.615. The first-order valence-corrected chi connectivity index (χ1v) is 8.58. The standard InChI is InChI=1S/C13H22N4O3S/c1-20-10-3-11-21(18,19)17-8-6-16(7-9-17)13-12(14)4-2-5-15-13/h2,4-5H,3,6-11,14H2,1H3. The number of nitrogens with two attached hydrogens (primary N) is 1. The molecule has 1 fully saturated rings. The lowest BCUT2D eigenvalue weighted by Gasteiger charge is -2.35. The Labute approximate surface area is 125 Å². The number of piperazine rings is 1. The zero-order valence-corrected chi connectivity index (χ0v) is 13.1. The van der Waals surface area contributed by atoms with Crippen LogP contribution in [0.2, 0.25) is 0 Å². The number of anilines is 2. The molecule has 0 aromatic carbocycles. The van der Waals surface area contributed by atoms with Crippen molar-refractivity contribution in [3.63, 3.8) is 0 Å². The van der Waals surface area contributed by atoms with E-state index in [4.69, 9.17) is 10.5 Å². The van der Waals surface area contributed by atoms with E-state index in [0.29, 0.717) is 44.9 Å². The number of hydrogen-bond acceptors (Lipinski definition) is 6. The van der Waals surface area contributed by atoms with Crippen LogP contribution in [-0.2, 0) is 14.8 Å². The van der Waals surface area contributed by atoms with Crippen molar-refractivity contribution < 1.29 is 13.2 Å². The van der Waals surface area contributed by atoms with Gasteiger partial charge in [0.15, 0.2) is 5.82 Å². The third-order valence-electron chi connectivity index (χ3n) is 3.50. The van der Waals surface area contributed by atoms with Crippen molar-refractivity contribution in [2.45, 2.75) is 6.42 Å². The van der Waals surface area contributed by atoms with Crippen molar-refractivity contribution in [2.24, 2.45) is 0 Å². The maximum Gasteiger partial charge on any atom is 0.214 e. The minimum absolute atomic E-state index is 0.132. The molecule has 0 bridgehead atoms. The summed E-state index contributed by atoms with van der Waals surface area (Å²) < 4.78 is 30.8. The number of methoxy groups -OCH3 is 1. The number of hydrogen-bond donors (Lipinski definition) is 1.